The number of nitrogens with one attached hydrogen (secondary N) is 1. The quantitative estimate of drug-likeness (QED) is 0.650. The van der Waals surface area contributed by atoms with E-state index in [9.17, 15) is 14.7 Å². The first kappa shape index (κ1) is 13.8. The monoisotopic (exact) mass is 244 g/mol. The first-order valence-electron chi connectivity index (χ1n) is 5.72. The van der Waals surface area contributed by atoms with Crippen molar-refractivity contribution in [3.63, 3.8) is 0 Å². The Bertz CT molecular complexity index is 317. The van der Waals surface area contributed by atoms with Crippen LogP contribution in [0.5, 0.6) is 0 Å². The van der Waals surface area contributed by atoms with E-state index in [1.165, 1.54) is 18.7 Å². The lowest BCUT2D eigenvalue weighted by Gasteiger charge is -2.35. The molecule has 0 saturated carbocycles. The highest BCUT2D eigenvalue weighted by Gasteiger charge is 2.33. The van der Waals surface area contributed by atoms with Crippen LogP contribution < -0.4 is 5.32 Å². The standard InChI is InChI=1S/C11H20N2O4/c1-7-4-5-13(6-8(7)14)10(17)12-11(2,3)9(15)16/h7-8,14H,4-6H2,1-3H3,(H,12,17)(H,15,16). The highest BCUT2D eigenvalue weighted by Crippen LogP contribution is 2.17. The Morgan fingerprint density at radius 1 is 1.41 bits per heavy atom. The number of carboxylic acids is 1. The Balaban J connectivity index is 2.57. The summed E-state index contributed by atoms with van der Waals surface area (Å²) >= 11 is 0. The zero-order chi connectivity index (χ0) is 13.2. The zero-order valence-electron chi connectivity index (χ0n) is 10.4. The van der Waals surface area contributed by atoms with Crippen LogP contribution in [-0.4, -0.2) is 51.8 Å². The molecule has 0 aliphatic carbocycles. The van der Waals surface area contributed by atoms with Gasteiger partial charge in [-0.2, -0.15) is 0 Å². The summed E-state index contributed by atoms with van der Waals surface area (Å²) < 4.78 is 0. The van der Waals surface area contributed by atoms with Crippen molar-refractivity contribution >= 4 is 12.0 Å². The molecule has 2 unspecified atom stereocenters. The SMILES string of the molecule is CC1CCN(C(=O)NC(C)(C)C(=O)O)CC1O. The molecule has 0 spiro atoms. The smallest absolute Gasteiger partial charge is 0.328 e. The average Bonchev–Trinajstić information content (AvgIpc) is 2.21. The maximum absolute atomic E-state index is 11.8. The molecule has 1 heterocycles. The van der Waals surface area contributed by atoms with Crippen LogP contribution >= 0.6 is 0 Å². The summed E-state index contributed by atoms with van der Waals surface area (Å²) in [6.45, 7) is 5.58. The van der Waals surface area contributed by atoms with Gasteiger partial charge in [0.25, 0.3) is 0 Å². The van der Waals surface area contributed by atoms with Crippen molar-refractivity contribution in [3.05, 3.63) is 0 Å². The van der Waals surface area contributed by atoms with Gasteiger partial charge >= 0.3 is 12.0 Å². The Morgan fingerprint density at radius 2 is 2.00 bits per heavy atom. The van der Waals surface area contributed by atoms with Crippen LogP contribution in [0.3, 0.4) is 0 Å². The molecule has 0 aromatic carbocycles. The number of rotatable bonds is 2. The Morgan fingerprint density at radius 3 is 2.47 bits per heavy atom. The van der Waals surface area contributed by atoms with E-state index in [2.05, 4.69) is 5.32 Å². The summed E-state index contributed by atoms with van der Waals surface area (Å²) in [5.74, 6) is -0.914. The van der Waals surface area contributed by atoms with E-state index in [0.717, 1.165) is 6.42 Å². The molecular formula is C11H20N2O4. The van der Waals surface area contributed by atoms with Gasteiger partial charge in [-0.1, -0.05) is 6.92 Å². The fourth-order valence-corrected chi connectivity index (χ4v) is 1.63. The topological polar surface area (TPSA) is 89.9 Å². The number of aliphatic hydroxyl groups is 1. The van der Waals surface area contributed by atoms with Gasteiger partial charge in [-0.3, -0.25) is 0 Å². The van der Waals surface area contributed by atoms with Crippen molar-refractivity contribution in [2.24, 2.45) is 5.92 Å². The zero-order valence-corrected chi connectivity index (χ0v) is 10.4. The third-order valence-electron chi connectivity index (χ3n) is 3.16. The van der Waals surface area contributed by atoms with E-state index in [-0.39, 0.29) is 12.5 Å². The lowest BCUT2D eigenvalue weighted by Crippen LogP contribution is -2.57. The van der Waals surface area contributed by atoms with Crippen molar-refractivity contribution in [1.82, 2.24) is 10.2 Å². The van der Waals surface area contributed by atoms with Crippen LogP contribution in [0.15, 0.2) is 0 Å². The average molecular weight is 244 g/mol. The van der Waals surface area contributed by atoms with Crippen LogP contribution in [0.4, 0.5) is 4.79 Å². The van der Waals surface area contributed by atoms with Gasteiger partial charge in [0.15, 0.2) is 0 Å². The van der Waals surface area contributed by atoms with Crippen LogP contribution in [0.2, 0.25) is 0 Å². The highest BCUT2D eigenvalue weighted by atomic mass is 16.4. The van der Waals surface area contributed by atoms with Gasteiger partial charge in [0, 0.05) is 13.1 Å². The molecule has 2 atom stereocenters. The Hall–Kier alpha value is -1.30. The van der Waals surface area contributed by atoms with E-state index in [0.29, 0.717) is 6.54 Å². The summed E-state index contributed by atoms with van der Waals surface area (Å²) in [6.07, 6.45) is 0.185. The largest absolute Gasteiger partial charge is 0.480 e. The van der Waals surface area contributed by atoms with Crippen molar-refractivity contribution in [2.75, 3.05) is 13.1 Å². The first-order valence-corrected chi connectivity index (χ1v) is 5.72. The number of aliphatic hydroxyl groups excluding tert-OH is 1. The Kier molecular flexibility index (Phi) is 3.98. The normalized spacial score (nSPS) is 25.5. The van der Waals surface area contributed by atoms with Crippen LogP contribution in [-0.2, 0) is 4.79 Å². The van der Waals surface area contributed by atoms with E-state index < -0.39 is 23.6 Å². The molecule has 1 fully saturated rings. The fraction of sp³-hybridized carbons (Fsp3) is 0.818. The molecule has 6 nitrogen and oxygen atoms in total. The molecule has 1 aliphatic rings. The van der Waals surface area contributed by atoms with Crippen molar-refractivity contribution in [2.45, 2.75) is 38.8 Å². The minimum atomic E-state index is -1.30. The van der Waals surface area contributed by atoms with Gasteiger partial charge in [-0.25, -0.2) is 9.59 Å². The molecule has 17 heavy (non-hydrogen) atoms. The molecule has 2 amide bonds. The third-order valence-corrected chi connectivity index (χ3v) is 3.16. The number of hydrogen-bond donors (Lipinski definition) is 3. The van der Waals surface area contributed by atoms with Crippen LogP contribution in [0, 0.1) is 5.92 Å². The Labute approximate surface area is 101 Å². The van der Waals surface area contributed by atoms with E-state index in [1.54, 1.807) is 0 Å². The third kappa shape index (κ3) is 3.33. The van der Waals surface area contributed by atoms with Gasteiger partial charge in [0.2, 0.25) is 0 Å². The predicted molar refractivity (Wildman–Crippen MR) is 61.6 cm³/mol. The number of carboxylic acid groups (broad SMARTS) is 1. The van der Waals surface area contributed by atoms with Gasteiger partial charge in [0.1, 0.15) is 5.54 Å². The fourth-order valence-electron chi connectivity index (χ4n) is 1.63. The molecule has 6 heteroatoms. The molecule has 98 valence electrons. The van der Waals surface area contributed by atoms with Gasteiger partial charge in [0.05, 0.1) is 6.10 Å². The molecule has 0 radical (unpaired) electrons. The van der Waals surface area contributed by atoms with Gasteiger partial charge in [-0.15, -0.1) is 0 Å². The first-order chi connectivity index (χ1) is 7.74. The number of hydrogen-bond acceptors (Lipinski definition) is 3. The van der Waals surface area contributed by atoms with Crippen LogP contribution in [0.25, 0.3) is 0 Å². The lowest BCUT2D eigenvalue weighted by molar-refractivity contribution is -0.143. The molecule has 0 bridgehead atoms. The second-order valence-electron chi connectivity index (χ2n) is 5.14. The van der Waals surface area contributed by atoms with Crippen molar-refractivity contribution < 1.29 is 19.8 Å². The number of aliphatic carboxylic acids is 1. The van der Waals surface area contributed by atoms with E-state index >= 15 is 0 Å². The second kappa shape index (κ2) is 4.91. The molecule has 1 saturated heterocycles. The summed E-state index contributed by atoms with van der Waals surface area (Å²) in [4.78, 5) is 24.1. The predicted octanol–water partition coefficient (Wildman–Crippen LogP) is 0.262. The minimum Gasteiger partial charge on any atom is -0.480 e. The molecule has 0 aromatic rings. The summed E-state index contributed by atoms with van der Waals surface area (Å²) in [5, 5.41) is 21.0. The second-order valence-corrected chi connectivity index (χ2v) is 5.14. The minimum absolute atomic E-state index is 0.173. The van der Waals surface area contributed by atoms with Crippen molar-refractivity contribution in [1.29, 1.82) is 0 Å². The number of nitrogens with zero attached hydrogens (tertiary/aromatic N) is 1. The number of carbonyl (C=O) groups excluding carboxylic acids is 1. The van der Waals surface area contributed by atoms with Crippen LogP contribution in [0.1, 0.15) is 27.2 Å². The number of urea groups is 1. The molecule has 3 N–H and O–H groups in total. The van der Waals surface area contributed by atoms with E-state index in [4.69, 9.17) is 5.11 Å². The van der Waals surface area contributed by atoms with Crippen molar-refractivity contribution in [3.8, 4) is 0 Å². The highest BCUT2D eigenvalue weighted by molar-refractivity contribution is 5.85. The number of piperidine rings is 1. The maximum Gasteiger partial charge on any atom is 0.328 e. The van der Waals surface area contributed by atoms with E-state index in [1.807, 2.05) is 6.92 Å². The number of carbonyl (C=O) groups is 2. The van der Waals surface area contributed by atoms with Gasteiger partial charge < -0.3 is 20.4 Å². The lowest BCUT2D eigenvalue weighted by atomic mass is 9.96. The molecular weight excluding hydrogens is 224 g/mol. The number of likely N-dealkylation sites (tertiary alicyclic amines) is 1. The summed E-state index contributed by atoms with van der Waals surface area (Å²) in [7, 11) is 0. The van der Waals surface area contributed by atoms with Gasteiger partial charge in [-0.05, 0) is 26.2 Å². The molecule has 1 rings (SSSR count). The maximum atomic E-state index is 11.8. The number of β-amino-alcohol motifs (C(OH)–C–C–N with tert-alkyl or cyclic N) is 1. The number of amides is 2. The molecule has 1 aliphatic heterocycles. The molecule has 0 aromatic heterocycles. The summed E-state index contributed by atoms with van der Waals surface area (Å²) in [6, 6.07) is -0.441. The summed E-state index contributed by atoms with van der Waals surface area (Å²) in [5.41, 5.74) is -1.30.